The second-order valence-electron chi connectivity index (χ2n) is 9.51. The molecule has 0 amide bonds. The smallest absolute Gasteiger partial charge is 0.270 e. The molecule has 6 rings (SSSR count). The standard InChI is InChI=1S/C16H16N2O2S.C15H12N2O2/c1-21(19,20)17-15-7-8-16-14(11-15)9-10-18(16)12-13-5-3-2-4-6-13;18-17(19)14-6-7-15-13(10-14)8-9-16(15)11-12-4-2-1-3-5-12/h2-11,17H,12H2,1H3;1-10H,11H2. The normalized spacial score (nSPS) is 11.2. The summed E-state index contributed by atoms with van der Waals surface area (Å²) >= 11 is 0. The van der Waals surface area contributed by atoms with Crippen LogP contribution < -0.4 is 4.72 Å². The van der Waals surface area contributed by atoms with Gasteiger partial charge in [0.25, 0.3) is 5.69 Å². The van der Waals surface area contributed by atoms with Crippen molar-refractivity contribution in [3.63, 3.8) is 0 Å². The van der Waals surface area contributed by atoms with Crippen molar-refractivity contribution in [1.29, 1.82) is 0 Å². The van der Waals surface area contributed by atoms with Gasteiger partial charge in [-0.2, -0.15) is 0 Å². The van der Waals surface area contributed by atoms with E-state index >= 15 is 0 Å². The number of sulfonamides is 1. The van der Waals surface area contributed by atoms with Crippen molar-refractivity contribution < 1.29 is 13.3 Å². The van der Waals surface area contributed by atoms with Gasteiger partial charge in [-0.05, 0) is 47.5 Å². The minimum atomic E-state index is -3.24. The molecular formula is C31H28N4O4S. The number of fused-ring (bicyclic) bond motifs is 2. The number of hydrogen-bond acceptors (Lipinski definition) is 4. The van der Waals surface area contributed by atoms with E-state index in [9.17, 15) is 18.5 Å². The predicted octanol–water partition coefficient (Wildman–Crippen LogP) is 6.66. The van der Waals surface area contributed by atoms with E-state index in [0.717, 1.165) is 41.2 Å². The van der Waals surface area contributed by atoms with E-state index in [0.29, 0.717) is 5.69 Å². The zero-order valence-electron chi connectivity index (χ0n) is 21.8. The van der Waals surface area contributed by atoms with Gasteiger partial charge in [-0.1, -0.05) is 60.7 Å². The van der Waals surface area contributed by atoms with Crippen LogP contribution >= 0.6 is 0 Å². The Morgan fingerprint density at radius 1 is 0.700 bits per heavy atom. The quantitative estimate of drug-likeness (QED) is 0.177. The minimum absolute atomic E-state index is 0.130. The van der Waals surface area contributed by atoms with E-state index in [1.807, 2.05) is 73.1 Å². The minimum Gasteiger partial charge on any atom is -0.343 e. The molecule has 0 spiro atoms. The van der Waals surface area contributed by atoms with Crippen LogP contribution in [0, 0.1) is 10.1 Å². The van der Waals surface area contributed by atoms with Crippen LogP contribution in [-0.4, -0.2) is 28.7 Å². The van der Waals surface area contributed by atoms with Gasteiger partial charge in [0.2, 0.25) is 10.0 Å². The maximum atomic E-state index is 11.3. The molecule has 8 nitrogen and oxygen atoms in total. The first-order chi connectivity index (χ1) is 19.2. The Bertz CT molecular complexity index is 1880. The topological polar surface area (TPSA) is 99.2 Å². The lowest BCUT2D eigenvalue weighted by molar-refractivity contribution is -0.384. The molecule has 0 atom stereocenters. The van der Waals surface area contributed by atoms with Crippen molar-refractivity contribution in [2.75, 3.05) is 11.0 Å². The van der Waals surface area contributed by atoms with Gasteiger partial charge in [0.1, 0.15) is 0 Å². The number of nitro benzene ring substituents is 1. The Morgan fingerprint density at radius 2 is 1.20 bits per heavy atom. The number of rotatable bonds is 7. The number of hydrogen-bond donors (Lipinski definition) is 1. The molecule has 40 heavy (non-hydrogen) atoms. The summed E-state index contributed by atoms with van der Waals surface area (Å²) in [5.41, 5.74) is 5.24. The molecule has 1 N–H and O–H groups in total. The average Bonchev–Trinajstić information content (AvgIpc) is 3.52. The first-order valence-corrected chi connectivity index (χ1v) is 14.5. The molecule has 2 aromatic heterocycles. The van der Waals surface area contributed by atoms with E-state index in [-0.39, 0.29) is 10.6 Å². The van der Waals surface area contributed by atoms with Crippen molar-refractivity contribution in [2.45, 2.75) is 13.1 Å². The third-order valence-corrected chi connectivity index (χ3v) is 7.04. The molecule has 0 saturated carbocycles. The summed E-state index contributed by atoms with van der Waals surface area (Å²) in [6, 6.07) is 34.8. The fraction of sp³-hybridized carbons (Fsp3) is 0.0968. The third kappa shape index (κ3) is 6.57. The summed E-state index contributed by atoms with van der Waals surface area (Å²) in [5.74, 6) is 0. The lowest BCUT2D eigenvalue weighted by atomic mass is 10.2. The monoisotopic (exact) mass is 552 g/mol. The molecule has 0 fully saturated rings. The van der Waals surface area contributed by atoms with Crippen molar-refractivity contribution in [1.82, 2.24) is 9.13 Å². The Morgan fingerprint density at radius 3 is 1.70 bits per heavy atom. The van der Waals surface area contributed by atoms with Gasteiger partial charge in [0.05, 0.1) is 11.2 Å². The van der Waals surface area contributed by atoms with Gasteiger partial charge < -0.3 is 9.13 Å². The van der Waals surface area contributed by atoms with Crippen LogP contribution in [0.4, 0.5) is 11.4 Å². The molecule has 0 bridgehead atoms. The zero-order valence-corrected chi connectivity index (χ0v) is 22.7. The number of nitro groups is 1. The maximum Gasteiger partial charge on any atom is 0.270 e. The second-order valence-corrected chi connectivity index (χ2v) is 11.3. The molecule has 0 radical (unpaired) electrons. The van der Waals surface area contributed by atoms with Gasteiger partial charge in [-0.15, -0.1) is 0 Å². The fourth-order valence-corrected chi connectivity index (χ4v) is 5.17. The molecule has 0 aliphatic carbocycles. The zero-order chi connectivity index (χ0) is 28.1. The SMILES string of the molecule is CS(=O)(=O)Nc1ccc2c(ccn2Cc2ccccc2)c1.O=[N+]([O-])c1ccc2c(ccn2Cc2ccccc2)c1. The molecule has 2 heterocycles. The van der Waals surface area contributed by atoms with Crippen molar-refractivity contribution in [3.8, 4) is 0 Å². The van der Waals surface area contributed by atoms with E-state index in [1.54, 1.807) is 24.3 Å². The van der Waals surface area contributed by atoms with E-state index in [1.165, 1.54) is 11.1 Å². The summed E-state index contributed by atoms with van der Waals surface area (Å²) in [7, 11) is -3.24. The lowest BCUT2D eigenvalue weighted by Crippen LogP contribution is -2.09. The first-order valence-electron chi connectivity index (χ1n) is 12.6. The Hall–Kier alpha value is -4.89. The van der Waals surface area contributed by atoms with Gasteiger partial charge in [0.15, 0.2) is 0 Å². The van der Waals surface area contributed by atoms with Gasteiger partial charge in [-0.3, -0.25) is 14.8 Å². The van der Waals surface area contributed by atoms with Crippen LogP contribution in [0.3, 0.4) is 0 Å². The number of non-ortho nitro benzene ring substituents is 1. The summed E-state index contributed by atoms with van der Waals surface area (Å²) in [6.07, 6.45) is 5.13. The van der Waals surface area contributed by atoms with Crippen LogP contribution in [0.1, 0.15) is 11.1 Å². The molecule has 0 unspecified atom stereocenters. The van der Waals surface area contributed by atoms with E-state index in [4.69, 9.17) is 0 Å². The van der Waals surface area contributed by atoms with Gasteiger partial charge in [-0.25, -0.2) is 8.42 Å². The summed E-state index contributed by atoms with van der Waals surface area (Å²) in [6.45, 7) is 1.56. The number of benzene rings is 4. The lowest BCUT2D eigenvalue weighted by Gasteiger charge is -2.07. The second kappa shape index (κ2) is 11.5. The molecule has 6 aromatic rings. The largest absolute Gasteiger partial charge is 0.343 e. The number of aromatic nitrogens is 2. The maximum absolute atomic E-state index is 11.3. The highest BCUT2D eigenvalue weighted by atomic mass is 32.2. The number of nitrogens with one attached hydrogen (secondary N) is 1. The molecule has 0 aliphatic heterocycles. The summed E-state index contributed by atoms with van der Waals surface area (Å²) in [4.78, 5) is 10.4. The molecule has 9 heteroatoms. The van der Waals surface area contributed by atoms with Crippen LogP contribution in [0.15, 0.2) is 122 Å². The van der Waals surface area contributed by atoms with Crippen molar-refractivity contribution in [3.05, 3.63) is 143 Å². The molecule has 0 saturated heterocycles. The van der Waals surface area contributed by atoms with Gasteiger partial charge in [0, 0.05) is 65.1 Å². The fourth-order valence-electron chi connectivity index (χ4n) is 4.61. The Labute approximate surface area is 232 Å². The van der Waals surface area contributed by atoms with E-state index in [2.05, 4.69) is 38.1 Å². The number of nitrogens with zero attached hydrogens (tertiary/aromatic N) is 3. The van der Waals surface area contributed by atoms with Crippen molar-refractivity contribution >= 4 is 43.2 Å². The first kappa shape index (κ1) is 26.7. The Kier molecular flexibility index (Phi) is 7.65. The molecule has 0 aliphatic rings. The van der Waals surface area contributed by atoms with Crippen LogP contribution in [0.5, 0.6) is 0 Å². The Balaban J connectivity index is 0.000000162. The van der Waals surface area contributed by atoms with E-state index < -0.39 is 10.0 Å². The van der Waals surface area contributed by atoms with Crippen LogP contribution in [0.25, 0.3) is 21.8 Å². The van der Waals surface area contributed by atoms with Crippen molar-refractivity contribution in [2.24, 2.45) is 0 Å². The molecular weight excluding hydrogens is 524 g/mol. The highest BCUT2D eigenvalue weighted by Gasteiger charge is 2.09. The van der Waals surface area contributed by atoms with Gasteiger partial charge >= 0.3 is 0 Å². The molecule has 202 valence electrons. The average molecular weight is 553 g/mol. The highest BCUT2D eigenvalue weighted by molar-refractivity contribution is 7.92. The van der Waals surface area contributed by atoms with Crippen LogP contribution in [0.2, 0.25) is 0 Å². The summed E-state index contributed by atoms with van der Waals surface area (Å²) in [5, 5.41) is 12.6. The predicted molar refractivity (Wildman–Crippen MR) is 160 cm³/mol. The summed E-state index contributed by atoms with van der Waals surface area (Å²) < 4.78 is 29.3. The third-order valence-electron chi connectivity index (χ3n) is 6.43. The van der Waals surface area contributed by atoms with Crippen LogP contribution in [-0.2, 0) is 23.1 Å². The highest BCUT2D eigenvalue weighted by Crippen LogP contribution is 2.23. The molecule has 4 aromatic carbocycles. The number of anilines is 1.